The van der Waals surface area contributed by atoms with Crippen molar-refractivity contribution >= 4 is 11.8 Å². The molecule has 2 N–H and O–H groups in total. The molecule has 0 aliphatic rings. The fourth-order valence-corrected chi connectivity index (χ4v) is 2.32. The van der Waals surface area contributed by atoms with Gasteiger partial charge in [0, 0.05) is 4.90 Å². The van der Waals surface area contributed by atoms with Crippen molar-refractivity contribution in [3.8, 4) is 5.75 Å². The Labute approximate surface area is 96.2 Å². The maximum Gasteiger partial charge on any atom is 0.122 e. The average molecular weight is 225 g/mol. The highest BCUT2D eigenvalue weighted by Gasteiger charge is 2.06. The molecule has 0 saturated carbocycles. The van der Waals surface area contributed by atoms with Crippen LogP contribution in [0.5, 0.6) is 5.75 Å². The Balaban J connectivity index is 2.99. The molecule has 15 heavy (non-hydrogen) atoms. The second kappa shape index (κ2) is 6.03. The van der Waals surface area contributed by atoms with Crippen molar-refractivity contribution in [2.24, 2.45) is 5.73 Å². The second-order valence-corrected chi connectivity index (χ2v) is 4.37. The largest absolute Gasteiger partial charge is 0.496 e. The summed E-state index contributed by atoms with van der Waals surface area (Å²) in [5.41, 5.74) is 8.07. The summed E-state index contributed by atoms with van der Waals surface area (Å²) in [6, 6.07) is 4.33. The van der Waals surface area contributed by atoms with Crippen molar-refractivity contribution in [2.75, 3.05) is 19.9 Å². The summed E-state index contributed by atoms with van der Waals surface area (Å²) in [4.78, 5) is 1.33. The van der Waals surface area contributed by atoms with Crippen LogP contribution in [0.1, 0.15) is 17.5 Å². The van der Waals surface area contributed by atoms with Crippen molar-refractivity contribution in [2.45, 2.75) is 24.7 Å². The zero-order chi connectivity index (χ0) is 11.3. The number of thioether (sulfide) groups is 1. The topological polar surface area (TPSA) is 35.2 Å². The van der Waals surface area contributed by atoms with Gasteiger partial charge in [-0.3, -0.25) is 0 Å². The van der Waals surface area contributed by atoms with Crippen LogP contribution in [0.3, 0.4) is 0 Å². The lowest BCUT2D eigenvalue weighted by atomic mass is 10.1. The Morgan fingerprint density at radius 1 is 1.40 bits per heavy atom. The molecule has 2 nitrogen and oxygen atoms in total. The van der Waals surface area contributed by atoms with E-state index >= 15 is 0 Å². The first-order valence-corrected chi connectivity index (χ1v) is 6.37. The van der Waals surface area contributed by atoms with Crippen LogP contribution in [0, 0.1) is 6.92 Å². The highest BCUT2D eigenvalue weighted by Crippen LogP contribution is 2.29. The summed E-state index contributed by atoms with van der Waals surface area (Å²) in [5, 5.41) is 0. The molecule has 0 fully saturated rings. The molecule has 3 heteroatoms. The summed E-state index contributed by atoms with van der Waals surface area (Å²) < 4.78 is 5.32. The Morgan fingerprint density at radius 3 is 2.67 bits per heavy atom. The van der Waals surface area contributed by atoms with Crippen LogP contribution in [-0.4, -0.2) is 19.9 Å². The van der Waals surface area contributed by atoms with E-state index in [4.69, 9.17) is 10.5 Å². The smallest absolute Gasteiger partial charge is 0.122 e. The van der Waals surface area contributed by atoms with Gasteiger partial charge in [0.2, 0.25) is 0 Å². The van der Waals surface area contributed by atoms with E-state index < -0.39 is 0 Å². The van der Waals surface area contributed by atoms with Gasteiger partial charge in [0.05, 0.1) is 7.11 Å². The van der Waals surface area contributed by atoms with Gasteiger partial charge in [-0.05, 0) is 55.8 Å². The number of nitrogens with two attached hydrogens (primary N) is 1. The highest BCUT2D eigenvalue weighted by molar-refractivity contribution is 7.98. The summed E-state index contributed by atoms with van der Waals surface area (Å²) in [5.74, 6) is 0.972. The molecule has 0 aromatic heterocycles. The van der Waals surface area contributed by atoms with Gasteiger partial charge in [-0.15, -0.1) is 11.8 Å². The molecule has 0 amide bonds. The van der Waals surface area contributed by atoms with E-state index in [1.807, 2.05) is 0 Å². The summed E-state index contributed by atoms with van der Waals surface area (Å²) in [6.07, 6.45) is 4.16. The summed E-state index contributed by atoms with van der Waals surface area (Å²) >= 11 is 1.78. The molecule has 84 valence electrons. The van der Waals surface area contributed by atoms with Gasteiger partial charge >= 0.3 is 0 Å². The first-order valence-electron chi connectivity index (χ1n) is 5.14. The van der Waals surface area contributed by atoms with Gasteiger partial charge in [-0.25, -0.2) is 0 Å². The number of hydrogen-bond donors (Lipinski definition) is 1. The normalized spacial score (nSPS) is 10.4. The molecule has 0 aliphatic heterocycles. The number of methoxy groups -OCH3 is 1. The zero-order valence-corrected chi connectivity index (χ0v) is 10.5. The zero-order valence-electron chi connectivity index (χ0n) is 9.67. The number of hydrogen-bond acceptors (Lipinski definition) is 3. The van der Waals surface area contributed by atoms with Crippen molar-refractivity contribution in [3.63, 3.8) is 0 Å². The molecule has 0 unspecified atom stereocenters. The molecule has 0 bridgehead atoms. The molecule has 0 heterocycles. The Kier molecular flexibility index (Phi) is 4.99. The third-order valence-corrected chi connectivity index (χ3v) is 3.27. The first kappa shape index (κ1) is 12.4. The maximum absolute atomic E-state index is 5.53. The lowest BCUT2D eigenvalue weighted by molar-refractivity contribution is 0.410. The van der Waals surface area contributed by atoms with E-state index in [1.165, 1.54) is 16.0 Å². The van der Waals surface area contributed by atoms with Crippen LogP contribution in [-0.2, 0) is 6.42 Å². The molecule has 0 aliphatic carbocycles. The highest BCUT2D eigenvalue weighted by atomic mass is 32.2. The van der Waals surface area contributed by atoms with E-state index in [1.54, 1.807) is 18.9 Å². The van der Waals surface area contributed by atoms with E-state index in [9.17, 15) is 0 Å². The van der Waals surface area contributed by atoms with Crippen LogP contribution >= 0.6 is 11.8 Å². The molecule has 1 aromatic carbocycles. The van der Waals surface area contributed by atoms with Crippen molar-refractivity contribution in [1.29, 1.82) is 0 Å². The van der Waals surface area contributed by atoms with Crippen molar-refractivity contribution in [3.05, 3.63) is 23.3 Å². The molecular weight excluding hydrogens is 206 g/mol. The Morgan fingerprint density at radius 2 is 2.13 bits per heavy atom. The Bertz CT molecular complexity index is 326. The SMILES string of the molecule is COc1cc(CCCN)c(SC)cc1C. The van der Waals surface area contributed by atoms with Gasteiger partial charge < -0.3 is 10.5 Å². The molecule has 1 rings (SSSR count). The van der Waals surface area contributed by atoms with E-state index in [0.717, 1.165) is 25.1 Å². The third-order valence-electron chi connectivity index (χ3n) is 2.45. The number of benzene rings is 1. The predicted octanol–water partition coefficient (Wildman–Crippen LogP) is 2.62. The summed E-state index contributed by atoms with van der Waals surface area (Å²) in [7, 11) is 1.72. The van der Waals surface area contributed by atoms with Gasteiger partial charge in [-0.1, -0.05) is 0 Å². The molecule has 0 radical (unpaired) electrons. The van der Waals surface area contributed by atoms with Crippen molar-refractivity contribution < 1.29 is 4.74 Å². The van der Waals surface area contributed by atoms with Gasteiger partial charge in [-0.2, -0.15) is 0 Å². The lowest BCUT2D eigenvalue weighted by Crippen LogP contribution is -2.02. The van der Waals surface area contributed by atoms with E-state index in [2.05, 4.69) is 25.3 Å². The second-order valence-electron chi connectivity index (χ2n) is 3.53. The standard InChI is InChI=1S/C12H19NOS/c1-9-7-12(15-3)10(5-4-6-13)8-11(9)14-2/h7-8H,4-6,13H2,1-3H3. The molecule has 0 spiro atoms. The minimum atomic E-state index is 0.740. The monoisotopic (exact) mass is 225 g/mol. The fraction of sp³-hybridized carbons (Fsp3) is 0.500. The molecule has 0 atom stereocenters. The maximum atomic E-state index is 5.53. The van der Waals surface area contributed by atoms with Gasteiger partial charge in [0.25, 0.3) is 0 Å². The van der Waals surface area contributed by atoms with E-state index in [0.29, 0.717) is 0 Å². The van der Waals surface area contributed by atoms with Crippen LogP contribution in [0.15, 0.2) is 17.0 Å². The number of aryl methyl sites for hydroxylation is 2. The minimum Gasteiger partial charge on any atom is -0.496 e. The van der Waals surface area contributed by atoms with Crippen molar-refractivity contribution in [1.82, 2.24) is 0 Å². The average Bonchev–Trinajstić information content (AvgIpc) is 2.26. The van der Waals surface area contributed by atoms with Gasteiger partial charge in [0.1, 0.15) is 5.75 Å². The molecular formula is C12H19NOS. The Hall–Kier alpha value is -0.670. The molecule has 1 aromatic rings. The molecule has 0 saturated heterocycles. The number of ether oxygens (including phenoxy) is 1. The minimum absolute atomic E-state index is 0.740. The summed E-state index contributed by atoms with van der Waals surface area (Å²) in [6.45, 7) is 2.81. The van der Waals surface area contributed by atoms with Crippen LogP contribution in [0.25, 0.3) is 0 Å². The van der Waals surface area contributed by atoms with Gasteiger partial charge in [0.15, 0.2) is 0 Å². The number of rotatable bonds is 5. The van der Waals surface area contributed by atoms with Crippen LogP contribution in [0.2, 0.25) is 0 Å². The lowest BCUT2D eigenvalue weighted by Gasteiger charge is -2.12. The van der Waals surface area contributed by atoms with E-state index in [-0.39, 0.29) is 0 Å². The van der Waals surface area contributed by atoms with Crippen LogP contribution < -0.4 is 10.5 Å². The van der Waals surface area contributed by atoms with Crippen LogP contribution in [0.4, 0.5) is 0 Å². The first-order chi connectivity index (χ1) is 7.22. The third kappa shape index (κ3) is 3.14. The quantitative estimate of drug-likeness (QED) is 0.782. The predicted molar refractivity (Wildman–Crippen MR) is 66.9 cm³/mol. The fourth-order valence-electron chi connectivity index (χ4n) is 1.60.